The van der Waals surface area contributed by atoms with Gasteiger partial charge in [-0.2, -0.15) is 5.26 Å². The summed E-state index contributed by atoms with van der Waals surface area (Å²) in [4.78, 5) is 0.216. The first-order chi connectivity index (χ1) is 9.37. The van der Waals surface area contributed by atoms with E-state index in [4.69, 9.17) is 5.26 Å². The number of nitriles is 1. The van der Waals surface area contributed by atoms with Crippen molar-refractivity contribution in [2.45, 2.75) is 44.0 Å². The van der Waals surface area contributed by atoms with Crippen LogP contribution in [0.1, 0.15) is 39.2 Å². The summed E-state index contributed by atoms with van der Waals surface area (Å²) in [5.41, 5.74) is 0.343. The molecule has 0 fully saturated rings. The van der Waals surface area contributed by atoms with Gasteiger partial charge in [0.25, 0.3) is 0 Å². The van der Waals surface area contributed by atoms with Gasteiger partial charge in [0.2, 0.25) is 0 Å². The van der Waals surface area contributed by atoms with Crippen molar-refractivity contribution in [2.24, 2.45) is 0 Å². The van der Waals surface area contributed by atoms with E-state index >= 15 is 0 Å². The van der Waals surface area contributed by atoms with Gasteiger partial charge in [-0.15, -0.1) is 0 Å². The predicted octanol–water partition coefficient (Wildman–Crippen LogP) is 2.50. The van der Waals surface area contributed by atoms with Crippen LogP contribution in [0.4, 0.5) is 0 Å². The summed E-state index contributed by atoms with van der Waals surface area (Å²) >= 11 is 0. The van der Waals surface area contributed by atoms with Crippen molar-refractivity contribution in [3.8, 4) is 6.07 Å². The Morgan fingerprint density at radius 1 is 1.30 bits per heavy atom. The third-order valence-electron chi connectivity index (χ3n) is 3.81. The molecule has 0 aliphatic heterocycles. The number of nitrogens with one attached hydrogen (secondary N) is 1. The van der Waals surface area contributed by atoms with E-state index in [1.54, 1.807) is 12.1 Å². The molecule has 0 heterocycles. The second kappa shape index (κ2) is 6.87. The summed E-state index contributed by atoms with van der Waals surface area (Å²) in [5.74, 6) is 0.0392. The first kappa shape index (κ1) is 16.7. The smallest absolute Gasteiger partial charge is 0.179 e. The van der Waals surface area contributed by atoms with Gasteiger partial charge in [0.15, 0.2) is 9.84 Å². The Balaban J connectivity index is 2.74. The number of sulfone groups is 1. The summed E-state index contributed by atoms with van der Waals surface area (Å²) in [7, 11) is -3.35. The van der Waals surface area contributed by atoms with Gasteiger partial charge >= 0.3 is 0 Å². The van der Waals surface area contributed by atoms with Crippen LogP contribution >= 0.6 is 0 Å². The summed E-state index contributed by atoms with van der Waals surface area (Å²) in [5, 5.41) is 12.1. The molecule has 0 unspecified atom stereocenters. The van der Waals surface area contributed by atoms with Crippen LogP contribution in [0.5, 0.6) is 0 Å². The van der Waals surface area contributed by atoms with Gasteiger partial charge in [0.05, 0.1) is 22.3 Å². The maximum atomic E-state index is 12.2. The maximum absolute atomic E-state index is 12.2. The van der Waals surface area contributed by atoms with Gasteiger partial charge in [-0.05, 0) is 38.0 Å². The third kappa shape index (κ3) is 4.32. The molecule has 0 radical (unpaired) electrons. The van der Waals surface area contributed by atoms with Crippen LogP contribution in [-0.4, -0.2) is 26.3 Å². The Morgan fingerprint density at radius 3 is 2.50 bits per heavy atom. The van der Waals surface area contributed by atoms with Crippen LogP contribution < -0.4 is 5.32 Å². The average molecular weight is 294 g/mol. The lowest BCUT2D eigenvalue weighted by Crippen LogP contribution is -2.43. The van der Waals surface area contributed by atoms with Gasteiger partial charge in [0, 0.05) is 12.1 Å². The maximum Gasteiger partial charge on any atom is 0.179 e. The number of rotatable bonds is 7. The third-order valence-corrected chi connectivity index (χ3v) is 5.52. The first-order valence-corrected chi connectivity index (χ1v) is 8.50. The second-order valence-corrected chi connectivity index (χ2v) is 7.26. The van der Waals surface area contributed by atoms with Crippen LogP contribution in [-0.2, 0) is 9.84 Å². The average Bonchev–Trinajstić information content (AvgIpc) is 2.47. The fourth-order valence-corrected chi connectivity index (χ4v) is 3.06. The monoisotopic (exact) mass is 294 g/mol. The zero-order valence-corrected chi connectivity index (χ0v) is 13.1. The molecule has 4 nitrogen and oxygen atoms in total. The molecule has 1 aromatic carbocycles. The van der Waals surface area contributed by atoms with Crippen molar-refractivity contribution in [1.82, 2.24) is 5.32 Å². The molecule has 5 heteroatoms. The van der Waals surface area contributed by atoms with Gasteiger partial charge in [-0.3, -0.25) is 0 Å². The van der Waals surface area contributed by atoms with Crippen LogP contribution in [0.3, 0.4) is 0 Å². The van der Waals surface area contributed by atoms with Gasteiger partial charge in [-0.25, -0.2) is 8.42 Å². The van der Waals surface area contributed by atoms with Gasteiger partial charge < -0.3 is 5.32 Å². The van der Waals surface area contributed by atoms with Crippen molar-refractivity contribution >= 4 is 9.84 Å². The molecular weight excluding hydrogens is 272 g/mol. The minimum Gasteiger partial charge on any atom is -0.311 e. The number of nitrogens with zero attached hydrogens (tertiary/aromatic N) is 1. The highest BCUT2D eigenvalue weighted by Gasteiger charge is 2.20. The molecule has 0 bridgehead atoms. The van der Waals surface area contributed by atoms with Crippen molar-refractivity contribution in [3.05, 3.63) is 29.8 Å². The Kier molecular flexibility index (Phi) is 5.73. The molecule has 1 N–H and O–H groups in total. The number of hydrogen-bond acceptors (Lipinski definition) is 4. The largest absolute Gasteiger partial charge is 0.311 e. The lowest BCUT2D eigenvalue weighted by molar-refractivity contribution is 0.340. The van der Waals surface area contributed by atoms with E-state index in [0.717, 1.165) is 12.8 Å². The molecular formula is C15H22N2O2S. The predicted molar refractivity (Wildman–Crippen MR) is 80.2 cm³/mol. The molecule has 0 atom stereocenters. The minimum atomic E-state index is -3.35. The molecule has 0 aliphatic carbocycles. The minimum absolute atomic E-state index is 0.0238. The zero-order valence-electron chi connectivity index (χ0n) is 12.3. The van der Waals surface area contributed by atoms with E-state index in [-0.39, 0.29) is 16.2 Å². The Bertz CT molecular complexity index is 584. The molecule has 110 valence electrons. The summed E-state index contributed by atoms with van der Waals surface area (Å²) in [6.45, 7) is 6.68. The lowest BCUT2D eigenvalue weighted by Gasteiger charge is -2.28. The van der Waals surface area contributed by atoms with Gasteiger partial charge in [-0.1, -0.05) is 19.9 Å². The van der Waals surface area contributed by atoms with E-state index in [0.29, 0.717) is 12.1 Å². The molecule has 0 saturated carbocycles. The Morgan fingerprint density at radius 2 is 1.95 bits per heavy atom. The second-order valence-electron chi connectivity index (χ2n) is 5.15. The highest BCUT2D eigenvalue weighted by molar-refractivity contribution is 7.91. The summed E-state index contributed by atoms with van der Waals surface area (Å²) in [6, 6.07) is 8.12. The highest BCUT2D eigenvalue weighted by atomic mass is 32.2. The van der Waals surface area contributed by atoms with Crippen molar-refractivity contribution in [3.63, 3.8) is 0 Å². The number of benzene rings is 1. The normalized spacial score (nSPS) is 12.1. The first-order valence-electron chi connectivity index (χ1n) is 6.85. The molecule has 0 aliphatic rings. The van der Waals surface area contributed by atoms with Crippen molar-refractivity contribution in [1.29, 1.82) is 5.26 Å². The van der Waals surface area contributed by atoms with E-state index < -0.39 is 9.84 Å². The van der Waals surface area contributed by atoms with Crippen LogP contribution in [0, 0.1) is 11.3 Å². The lowest BCUT2D eigenvalue weighted by atomic mass is 9.96. The fraction of sp³-hybridized carbons (Fsp3) is 0.533. The highest BCUT2D eigenvalue weighted by Crippen LogP contribution is 2.15. The molecule has 1 aromatic rings. The topological polar surface area (TPSA) is 70.0 Å². The molecule has 0 aromatic heterocycles. The van der Waals surface area contributed by atoms with E-state index in [2.05, 4.69) is 26.1 Å². The molecule has 0 amide bonds. The quantitative estimate of drug-likeness (QED) is 0.839. The van der Waals surface area contributed by atoms with Crippen LogP contribution in [0.25, 0.3) is 0 Å². The van der Waals surface area contributed by atoms with Crippen LogP contribution in [0.2, 0.25) is 0 Å². The SMILES string of the molecule is CCC(C)(CC)NCCS(=O)(=O)c1cccc(C#N)c1. The standard InChI is InChI=1S/C15H22N2O2S/c1-4-15(3,5-2)17-9-10-20(18,19)14-8-6-7-13(11-14)12-16/h6-8,11,17H,4-5,9-10H2,1-3H3. The summed E-state index contributed by atoms with van der Waals surface area (Å²) in [6.07, 6.45) is 1.90. The van der Waals surface area contributed by atoms with Gasteiger partial charge in [0.1, 0.15) is 0 Å². The van der Waals surface area contributed by atoms with E-state index in [9.17, 15) is 8.42 Å². The molecule has 1 rings (SSSR count). The van der Waals surface area contributed by atoms with E-state index in [1.165, 1.54) is 12.1 Å². The Labute approximate surface area is 121 Å². The summed E-state index contributed by atoms with van der Waals surface area (Å²) < 4.78 is 24.4. The van der Waals surface area contributed by atoms with Crippen molar-refractivity contribution < 1.29 is 8.42 Å². The van der Waals surface area contributed by atoms with Crippen LogP contribution in [0.15, 0.2) is 29.2 Å². The number of hydrogen-bond donors (Lipinski definition) is 1. The van der Waals surface area contributed by atoms with Crippen molar-refractivity contribution in [2.75, 3.05) is 12.3 Å². The molecule has 0 spiro atoms. The van der Waals surface area contributed by atoms with E-state index in [1.807, 2.05) is 6.07 Å². The molecule has 0 saturated heterocycles. The molecule has 20 heavy (non-hydrogen) atoms. The zero-order chi connectivity index (χ0) is 15.2. The fourth-order valence-electron chi connectivity index (χ4n) is 1.86. The Hall–Kier alpha value is -1.38.